The molecular weight excluding hydrogens is 268 g/mol. The van der Waals surface area contributed by atoms with Gasteiger partial charge in [0.2, 0.25) is 8.32 Å². The van der Waals surface area contributed by atoms with Crippen molar-refractivity contribution in [2.24, 2.45) is 0 Å². The third-order valence-electron chi connectivity index (χ3n) is 3.32. The van der Waals surface area contributed by atoms with Crippen LogP contribution in [-0.2, 0) is 14.9 Å². The molecule has 0 heterocycles. The molecule has 19 heavy (non-hydrogen) atoms. The van der Waals surface area contributed by atoms with Crippen molar-refractivity contribution in [2.75, 3.05) is 13.2 Å². The zero-order chi connectivity index (χ0) is 14.5. The quantitative estimate of drug-likeness (QED) is 0.717. The zero-order valence-electron chi connectivity index (χ0n) is 13.2. The van der Waals surface area contributed by atoms with Gasteiger partial charge in [0, 0.05) is 13.2 Å². The summed E-state index contributed by atoms with van der Waals surface area (Å²) in [5.41, 5.74) is 1.38. The second-order valence-electron chi connectivity index (χ2n) is 6.01. The molecule has 1 rings (SSSR count). The maximum Gasteiger partial charge on any atom is 0.218 e. The van der Waals surface area contributed by atoms with E-state index in [1.54, 1.807) is 0 Å². The predicted octanol–water partition coefficient (Wildman–Crippen LogP) is 3.46. The number of hydrogen-bond acceptors (Lipinski definition) is 2. The number of benzene rings is 1. The number of rotatable bonds is 7. The van der Waals surface area contributed by atoms with E-state index in [4.69, 9.17) is 8.85 Å². The molecule has 0 atom stereocenters. The van der Waals surface area contributed by atoms with Crippen molar-refractivity contribution in [1.82, 2.24) is 0 Å². The predicted molar refractivity (Wildman–Crippen MR) is 88.0 cm³/mol. The summed E-state index contributed by atoms with van der Waals surface area (Å²) in [4.78, 5) is 0. The van der Waals surface area contributed by atoms with E-state index in [1.807, 2.05) is 0 Å². The van der Waals surface area contributed by atoms with Gasteiger partial charge in [0.25, 0.3) is 0 Å². The third kappa shape index (κ3) is 5.22. The lowest BCUT2D eigenvalue weighted by molar-refractivity contribution is 0.328. The van der Waals surface area contributed by atoms with Crippen molar-refractivity contribution in [2.45, 2.75) is 46.1 Å². The van der Waals surface area contributed by atoms with E-state index < -0.39 is 16.6 Å². The molecule has 0 radical (unpaired) electrons. The third-order valence-corrected chi connectivity index (χ3v) is 8.38. The Balaban J connectivity index is 2.77. The summed E-state index contributed by atoms with van der Waals surface area (Å²) in [5, 5.41) is 1.37. The standard InChI is InChI=1S/C15H28O2Si2/c1-7-16-18(3,4)13-14-9-11-15(12-10-14)19(5,6)17-8-2/h9-12H,7-8,13H2,1-6H3. The highest BCUT2D eigenvalue weighted by Crippen LogP contribution is 2.14. The molecule has 1 aromatic carbocycles. The molecule has 0 aliphatic heterocycles. The first-order chi connectivity index (χ1) is 8.80. The van der Waals surface area contributed by atoms with Gasteiger partial charge in [0.1, 0.15) is 0 Å². The maximum atomic E-state index is 5.92. The minimum atomic E-state index is -1.70. The van der Waals surface area contributed by atoms with E-state index in [9.17, 15) is 0 Å². The molecule has 0 aliphatic rings. The van der Waals surface area contributed by atoms with Crippen LogP contribution in [0.3, 0.4) is 0 Å². The fourth-order valence-electron chi connectivity index (χ4n) is 2.40. The summed E-state index contributed by atoms with van der Waals surface area (Å²) < 4.78 is 11.8. The molecule has 0 bridgehead atoms. The average molecular weight is 297 g/mol. The van der Waals surface area contributed by atoms with Crippen LogP contribution in [0.25, 0.3) is 0 Å². The number of hydrogen-bond donors (Lipinski definition) is 0. The maximum absolute atomic E-state index is 5.92. The summed E-state index contributed by atoms with van der Waals surface area (Å²) >= 11 is 0. The van der Waals surface area contributed by atoms with Gasteiger partial charge in [-0.2, -0.15) is 0 Å². The smallest absolute Gasteiger partial charge is 0.218 e. The normalized spacial score (nSPS) is 12.7. The first-order valence-electron chi connectivity index (χ1n) is 7.18. The Hall–Kier alpha value is -0.426. The molecule has 0 amide bonds. The van der Waals surface area contributed by atoms with Gasteiger partial charge >= 0.3 is 0 Å². The van der Waals surface area contributed by atoms with Crippen LogP contribution in [0.1, 0.15) is 19.4 Å². The molecule has 1 aromatic rings. The lowest BCUT2D eigenvalue weighted by Gasteiger charge is -2.24. The van der Waals surface area contributed by atoms with Crippen molar-refractivity contribution in [3.05, 3.63) is 29.8 Å². The fraction of sp³-hybridized carbons (Fsp3) is 0.600. The Morgan fingerprint density at radius 2 is 1.37 bits per heavy atom. The van der Waals surface area contributed by atoms with Gasteiger partial charge in [-0.25, -0.2) is 0 Å². The molecule has 108 valence electrons. The van der Waals surface area contributed by atoms with Gasteiger partial charge in [0.15, 0.2) is 8.32 Å². The molecule has 0 spiro atoms. The molecule has 0 aromatic heterocycles. The molecule has 4 heteroatoms. The topological polar surface area (TPSA) is 18.5 Å². The zero-order valence-corrected chi connectivity index (χ0v) is 15.2. The largest absolute Gasteiger partial charge is 0.417 e. The average Bonchev–Trinajstić information content (AvgIpc) is 2.28. The SMILES string of the molecule is CCO[Si](C)(C)Cc1ccc([Si](C)(C)OCC)cc1. The van der Waals surface area contributed by atoms with Gasteiger partial charge in [-0.15, -0.1) is 0 Å². The van der Waals surface area contributed by atoms with Crippen LogP contribution >= 0.6 is 0 Å². The lowest BCUT2D eigenvalue weighted by Crippen LogP contribution is -2.44. The molecule has 0 unspecified atom stereocenters. The molecule has 0 saturated carbocycles. The van der Waals surface area contributed by atoms with Crippen LogP contribution in [0.15, 0.2) is 24.3 Å². The van der Waals surface area contributed by atoms with Crippen molar-refractivity contribution < 1.29 is 8.85 Å². The summed E-state index contributed by atoms with van der Waals surface area (Å²) in [6.07, 6.45) is 0. The molecule has 0 saturated heterocycles. The minimum absolute atomic E-state index is 0.797. The highest BCUT2D eigenvalue weighted by atomic mass is 28.4. The molecule has 0 fully saturated rings. The fourth-order valence-corrected chi connectivity index (χ4v) is 6.36. The van der Waals surface area contributed by atoms with E-state index in [0.29, 0.717) is 0 Å². The highest BCUT2D eigenvalue weighted by Gasteiger charge is 2.25. The highest BCUT2D eigenvalue weighted by molar-refractivity contribution is 6.84. The van der Waals surface area contributed by atoms with E-state index in [1.165, 1.54) is 10.8 Å². The second-order valence-corrected chi connectivity index (χ2v) is 14.1. The van der Waals surface area contributed by atoms with E-state index in [2.05, 4.69) is 64.3 Å². The van der Waals surface area contributed by atoms with Gasteiger partial charge in [0.05, 0.1) is 0 Å². The van der Waals surface area contributed by atoms with E-state index in [0.717, 1.165) is 19.3 Å². The van der Waals surface area contributed by atoms with Crippen LogP contribution in [0.4, 0.5) is 0 Å². The van der Waals surface area contributed by atoms with Crippen LogP contribution in [-0.4, -0.2) is 29.8 Å². The van der Waals surface area contributed by atoms with Gasteiger partial charge < -0.3 is 8.85 Å². The summed E-state index contributed by atoms with van der Waals surface area (Å²) in [6, 6.07) is 10.1. The van der Waals surface area contributed by atoms with Crippen molar-refractivity contribution in [1.29, 1.82) is 0 Å². The first kappa shape index (κ1) is 16.6. The summed E-state index contributed by atoms with van der Waals surface area (Å²) in [7, 11) is -3.24. The minimum Gasteiger partial charge on any atom is -0.417 e. The first-order valence-corrected chi connectivity index (χ1v) is 13.2. The van der Waals surface area contributed by atoms with E-state index in [-0.39, 0.29) is 0 Å². The Kier molecular flexibility index (Phi) is 5.98. The molecule has 2 nitrogen and oxygen atoms in total. The summed E-state index contributed by atoms with van der Waals surface area (Å²) in [5.74, 6) is 0. The lowest BCUT2D eigenvalue weighted by atomic mass is 10.2. The molecule has 0 aliphatic carbocycles. The summed E-state index contributed by atoms with van der Waals surface area (Å²) in [6.45, 7) is 14.8. The van der Waals surface area contributed by atoms with Crippen molar-refractivity contribution in [3.63, 3.8) is 0 Å². The van der Waals surface area contributed by atoms with Gasteiger partial charge in [-0.1, -0.05) is 24.3 Å². The van der Waals surface area contributed by atoms with Crippen LogP contribution in [0, 0.1) is 0 Å². The Morgan fingerprint density at radius 3 is 1.84 bits per heavy atom. The second kappa shape index (κ2) is 6.84. The van der Waals surface area contributed by atoms with Crippen LogP contribution in [0.5, 0.6) is 0 Å². The Labute approximate surface area is 120 Å². The molecular formula is C15H28O2Si2. The Morgan fingerprint density at radius 1 is 0.842 bits per heavy atom. The van der Waals surface area contributed by atoms with Gasteiger partial charge in [-0.05, 0) is 56.8 Å². The van der Waals surface area contributed by atoms with E-state index >= 15 is 0 Å². The molecule has 0 N–H and O–H groups in total. The monoisotopic (exact) mass is 296 g/mol. The van der Waals surface area contributed by atoms with Gasteiger partial charge in [-0.3, -0.25) is 0 Å². The van der Waals surface area contributed by atoms with Crippen molar-refractivity contribution >= 4 is 21.8 Å². The van der Waals surface area contributed by atoms with Crippen molar-refractivity contribution in [3.8, 4) is 0 Å². The Bertz CT molecular complexity index is 386. The van der Waals surface area contributed by atoms with Crippen LogP contribution in [0.2, 0.25) is 26.2 Å². The van der Waals surface area contributed by atoms with Crippen LogP contribution < -0.4 is 5.19 Å².